The number of hydrogen-bond acceptors (Lipinski definition) is 7. The predicted molar refractivity (Wildman–Crippen MR) is 97.6 cm³/mol. The average molecular weight is 398 g/mol. The number of rotatable bonds is 9. The van der Waals surface area contributed by atoms with Crippen LogP contribution in [0.4, 0.5) is 0 Å². The number of esters is 1. The van der Waals surface area contributed by atoms with E-state index < -0.39 is 22.1 Å². The molecule has 0 saturated heterocycles. The third kappa shape index (κ3) is 4.56. The Morgan fingerprint density at radius 1 is 1.33 bits per heavy atom. The van der Waals surface area contributed by atoms with Crippen LogP contribution in [-0.4, -0.2) is 46.5 Å². The lowest BCUT2D eigenvalue weighted by Gasteiger charge is -2.17. The summed E-state index contributed by atoms with van der Waals surface area (Å²) in [5.41, 5.74) is 0.126. The Kier molecular flexibility index (Phi) is 6.77. The van der Waals surface area contributed by atoms with Gasteiger partial charge in [0.1, 0.15) is 10.6 Å². The van der Waals surface area contributed by atoms with E-state index in [1.807, 2.05) is 6.92 Å². The zero-order valence-corrected chi connectivity index (χ0v) is 17.1. The van der Waals surface area contributed by atoms with Gasteiger partial charge in [-0.05, 0) is 19.4 Å². The number of nitrogens with zero attached hydrogens (tertiary/aromatic N) is 4. The van der Waals surface area contributed by atoms with E-state index in [-0.39, 0.29) is 16.5 Å². The second-order valence-corrected chi connectivity index (χ2v) is 8.05. The molecule has 0 spiro atoms. The van der Waals surface area contributed by atoms with Crippen LogP contribution in [0.25, 0.3) is 0 Å². The van der Waals surface area contributed by atoms with Gasteiger partial charge in [0.25, 0.3) is 5.89 Å². The van der Waals surface area contributed by atoms with Gasteiger partial charge in [-0.15, -0.1) is 0 Å². The highest BCUT2D eigenvalue weighted by atomic mass is 32.2. The van der Waals surface area contributed by atoms with Gasteiger partial charge in [-0.25, -0.2) is 13.2 Å². The molecule has 9 nitrogen and oxygen atoms in total. The molecule has 150 valence electrons. The van der Waals surface area contributed by atoms with Gasteiger partial charge >= 0.3 is 5.97 Å². The van der Waals surface area contributed by atoms with Crippen LogP contribution in [0.15, 0.2) is 21.7 Å². The largest absolute Gasteiger partial charge is 0.448 e. The number of aryl methyl sites for hydroxylation is 2. The first kappa shape index (κ1) is 21.1. The van der Waals surface area contributed by atoms with E-state index in [0.717, 1.165) is 6.42 Å². The fraction of sp³-hybridized carbons (Fsp3) is 0.588. The fourth-order valence-electron chi connectivity index (χ4n) is 2.62. The van der Waals surface area contributed by atoms with Crippen molar-refractivity contribution in [1.82, 2.24) is 19.0 Å². The summed E-state index contributed by atoms with van der Waals surface area (Å²) in [7, 11) is -2.06. The van der Waals surface area contributed by atoms with Crippen molar-refractivity contribution in [3.05, 3.63) is 29.7 Å². The van der Waals surface area contributed by atoms with Crippen LogP contribution in [-0.2, 0) is 28.2 Å². The Balaban J connectivity index is 2.18. The quantitative estimate of drug-likeness (QED) is 0.596. The molecule has 0 aliphatic heterocycles. The SMILES string of the molecule is CCCc1noc(C(C)OC(=O)c2cc(S(=O)(=O)N(CC)CC)cn2C)n1. The van der Waals surface area contributed by atoms with Crippen molar-refractivity contribution in [2.24, 2.45) is 7.05 Å². The Bertz CT molecular complexity index is 883. The molecule has 0 aromatic carbocycles. The number of carbonyl (C=O) groups is 1. The molecule has 2 rings (SSSR count). The van der Waals surface area contributed by atoms with E-state index in [0.29, 0.717) is 25.3 Å². The second kappa shape index (κ2) is 8.66. The molecule has 1 unspecified atom stereocenters. The van der Waals surface area contributed by atoms with E-state index in [2.05, 4.69) is 10.1 Å². The lowest BCUT2D eigenvalue weighted by atomic mass is 10.3. The molecule has 2 aromatic rings. The maximum Gasteiger partial charge on any atom is 0.355 e. The second-order valence-electron chi connectivity index (χ2n) is 6.11. The van der Waals surface area contributed by atoms with Crippen molar-refractivity contribution in [2.75, 3.05) is 13.1 Å². The van der Waals surface area contributed by atoms with Gasteiger partial charge in [0.05, 0.1) is 0 Å². The van der Waals surface area contributed by atoms with Gasteiger partial charge in [0.2, 0.25) is 10.0 Å². The van der Waals surface area contributed by atoms with E-state index in [9.17, 15) is 13.2 Å². The summed E-state index contributed by atoms with van der Waals surface area (Å²) in [6, 6.07) is 1.32. The molecule has 0 bridgehead atoms. The topological polar surface area (TPSA) is 108 Å². The minimum atomic E-state index is -3.66. The van der Waals surface area contributed by atoms with Crippen molar-refractivity contribution < 1.29 is 22.5 Å². The molecule has 0 N–H and O–H groups in total. The Morgan fingerprint density at radius 2 is 2.00 bits per heavy atom. The van der Waals surface area contributed by atoms with Crippen molar-refractivity contribution in [3.63, 3.8) is 0 Å². The first-order valence-electron chi connectivity index (χ1n) is 8.94. The van der Waals surface area contributed by atoms with E-state index in [1.54, 1.807) is 27.8 Å². The average Bonchev–Trinajstić information content (AvgIpc) is 3.23. The zero-order valence-electron chi connectivity index (χ0n) is 16.3. The molecule has 0 saturated carbocycles. The molecule has 27 heavy (non-hydrogen) atoms. The smallest absolute Gasteiger partial charge is 0.355 e. The molecule has 0 radical (unpaired) electrons. The maximum atomic E-state index is 12.6. The molecular weight excluding hydrogens is 372 g/mol. The third-order valence-electron chi connectivity index (χ3n) is 4.12. The molecule has 0 amide bonds. The number of hydrogen-bond donors (Lipinski definition) is 0. The number of carbonyl (C=O) groups excluding carboxylic acids is 1. The molecule has 10 heteroatoms. The maximum absolute atomic E-state index is 12.6. The van der Waals surface area contributed by atoms with Gasteiger partial charge in [-0.1, -0.05) is 25.9 Å². The van der Waals surface area contributed by atoms with Crippen LogP contribution in [0, 0.1) is 0 Å². The molecule has 2 aromatic heterocycles. The van der Waals surface area contributed by atoms with Crippen LogP contribution in [0.5, 0.6) is 0 Å². The van der Waals surface area contributed by atoms with Crippen LogP contribution in [0.2, 0.25) is 0 Å². The molecule has 0 aliphatic carbocycles. The summed E-state index contributed by atoms with van der Waals surface area (Å²) >= 11 is 0. The number of ether oxygens (including phenoxy) is 1. The zero-order chi connectivity index (χ0) is 20.2. The number of sulfonamides is 1. The van der Waals surface area contributed by atoms with Crippen molar-refractivity contribution >= 4 is 16.0 Å². The highest BCUT2D eigenvalue weighted by Crippen LogP contribution is 2.22. The summed E-state index contributed by atoms with van der Waals surface area (Å²) in [6.07, 6.45) is 2.21. The first-order chi connectivity index (χ1) is 12.7. The minimum Gasteiger partial charge on any atom is -0.448 e. The van der Waals surface area contributed by atoms with Gasteiger partial charge < -0.3 is 13.8 Å². The van der Waals surface area contributed by atoms with E-state index in [1.165, 1.54) is 21.1 Å². The molecule has 2 heterocycles. The van der Waals surface area contributed by atoms with Crippen molar-refractivity contribution in [3.8, 4) is 0 Å². The monoisotopic (exact) mass is 398 g/mol. The lowest BCUT2D eigenvalue weighted by Crippen LogP contribution is -2.30. The molecule has 1 atom stereocenters. The van der Waals surface area contributed by atoms with Gasteiger partial charge in [-0.3, -0.25) is 0 Å². The standard InChI is InChI=1S/C17H26N4O5S/c1-6-9-15-18-16(26-19-15)12(4)25-17(22)14-10-13(11-20(14)5)27(23,24)21(7-2)8-3/h10-12H,6-9H2,1-5H3. The summed E-state index contributed by atoms with van der Waals surface area (Å²) in [5.74, 6) is 0.0973. The summed E-state index contributed by atoms with van der Waals surface area (Å²) in [6.45, 7) is 7.84. The molecular formula is C17H26N4O5S. The van der Waals surface area contributed by atoms with Crippen LogP contribution in [0.3, 0.4) is 0 Å². The van der Waals surface area contributed by atoms with Crippen LogP contribution < -0.4 is 0 Å². The van der Waals surface area contributed by atoms with Crippen molar-refractivity contribution in [2.45, 2.75) is 51.5 Å². The minimum absolute atomic E-state index is 0.0522. The Morgan fingerprint density at radius 3 is 2.59 bits per heavy atom. The van der Waals surface area contributed by atoms with Crippen LogP contribution >= 0.6 is 0 Å². The van der Waals surface area contributed by atoms with E-state index in [4.69, 9.17) is 9.26 Å². The van der Waals surface area contributed by atoms with Crippen LogP contribution in [0.1, 0.15) is 62.4 Å². The van der Waals surface area contributed by atoms with Gasteiger partial charge in [0, 0.05) is 32.8 Å². The highest BCUT2D eigenvalue weighted by molar-refractivity contribution is 7.89. The summed E-state index contributed by atoms with van der Waals surface area (Å²) in [4.78, 5) is 16.7. The lowest BCUT2D eigenvalue weighted by molar-refractivity contribution is 0.0254. The Hall–Kier alpha value is -2.20. The first-order valence-corrected chi connectivity index (χ1v) is 10.4. The summed E-state index contributed by atoms with van der Waals surface area (Å²) < 4.78 is 38.5. The number of aromatic nitrogens is 3. The highest BCUT2D eigenvalue weighted by Gasteiger charge is 2.27. The normalized spacial score (nSPS) is 13.1. The molecule has 0 fully saturated rings. The van der Waals surface area contributed by atoms with E-state index >= 15 is 0 Å². The van der Waals surface area contributed by atoms with Gasteiger partial charge in [0.15, 0.2) is 11.9 Å². The van der Waals surface area contributed by atoms with Crippen molar-refractivity contribution in [1.29, 1.82) is 0 Å². The fourth-order valence-corrected chi connectivity index (χ4v) is 4.15. The molecule has 0 aliphatic rings. The predicted octanol–water partition coefficient (Wildman–Crippen LogP) is 2.31. The van der Waals surface area contributed by atoms with Gasteiger partial charge in [-0.2, -0.15) is 9.29 Å². The third-order valence-corrected chi connectivity index (χ3v) is 6.14. The Labute approximate surface area is 159 Å². The summed E-state index contributed by atoms with van der Waals surface area (Å²) in [5, 5.41) is 3.83.